The number of ether oxygens (including phenoxy) is 1. The van der Waals surface area contributed by atoms with Crippen LogP contribution in [0.5, 0.6) is 11.5 Å². The van der Waals surface area contributed by atoms with Crippen molar-refractivity contribution in [3.05, 3.63) is 68.8 Å². The molecular formula is C16H19N3O6. The highest BCUT2D eigenvalue weighted by Crippen LogP contribution is 2.19. The van der Waals surface area contributed by atoms with Gasteiger partial charge in [-0.05, 0) is 26.2 Å². The number of rotatable bonds is 6. The van der Waals surface area contributed by atoms with E-state index in [2.05, 4.69) is 0 Å². The largest absolute Gasteiger partial charge is 0.508 e. The molecule has 0 amide bonds. The number of phenolic OH excluding ortho intramolecular Hbond substituents is 1. The zero-order valence-corrected chi connectivity index (χ0v) is 13.9. The van der Waals surface area contributed by atoms with E-state index in [9.17, 15) is 20.2 Å². The number of hydrogen-bond acceptors (Lipinski definition) is 7. The summed E-state index contributed by atoms with van der Waals surface area (Å²) in [5.74, 6) is 0.445. The fourth-order valence-electron chi connectivity index (χ4n) is 1.64. The lowest BCUT2D eigenvalue weighted by Crippen LogP contribution is -2.19. The van der Waals surface area contributed by atoms with Crippen LogP contribution in [0.2, 0.25) is 0 Å². The van der Waals surface area contributed by atoms with Crippen LogP contribution in [0.4, 0.5) is 11.4 Å². The first-order valence-electron chi connectivity index (χ1n) is 7.25. The summed E-state index contributed by atoms with van der Waals surface area (Å²) < 4.78 is 5.36. The predicted octanol–water partition coefficient (Wildman–Crippen LogP) is 2.84. The van der Waals surface area contributed by atoms with Crippen molar-refractivity contribution in [2.75, 3.05) is 27.2 Å². The van der Waals surface area contributed by atoms with E-state index in [-0.39, 0.29) is 17.1 Å². The first kappa shape index (κ1) is 19.8. The number of nitro benzene ring substituents is 2. The summed E-state index contributed by atoms with van der Waals surface area (Å²) in [4.78, 5) is 21.5. The SMILES string of the molecule is CN(C)CCOc1cccc([N+](=O)[O-])c1.O=[N+]([O-])c1cccc(O)c1. The highest BCUT2D eigenvalue weighted by atomic mass is 16.6. The Kier molecular flexibility index (Phi) is 7.80. The molecule has 0 saturated heterocycles. The van der Waals surface area contributed by atoms with E-state index in [0.29, 0.717) is 12.4 Å². The summed E-state index contributed by atoms with van der Waals surface area (Å²) >= 11 is 0. The van der Waals surface area contributed by atoms with Gasteiger partial charge in [0, 0.05) is 18.7 Å². The Labute approximate surface area is 144 Å². The highest BCUT2D eigenvalue weighted by Gasteiger charge is 2.06. The Morgan fingerprint density at radius 3 is 2.04 bits per heavy atom. The Hall–Kier alpha value is -3.20. The molecule has 2 aromatic rings. The molecule has 2 aromatic carbocycles. The van der Waals surface area contributed by atoms with Gasteiger partial charge in [0.05, 0.1) is 22.0 Å². The van der Waals surface area contributed by atoms with E-state index < -0.39 is 9.85 Å². The molecule has 0 aromatic heterocycles. The second-order valence-electron chi connectivity index (χ2n) is 5.18. The van der Waals surface area contributed by atoms with Gasteiger partial charge < -0.3 is 14.7 Å². The maximum atomic E-state index is 10.5. The van der Waals surface area contributed by atoms with E-state index in [0.717, 1.165) is 12.6 Å². The molecule has 0 atom stereocenters. The van der Waals surface area contributed by atoms with Crippen LogP contribution in [0, 0.1) is 20.2 Å². The first-order valence-corrected chi connectivity index (χ1v) is 7.25. The van der Waals surface area contributed by atoms with Crippen LogP contribution < -0.4 is 4.74 Å². The maximum absolute atomic E-state index is 10.5. The van der Waals surface area contributed by atoms with Crippen molar-refractivity contribution in [2.45, 2.75) is 0 Å². The van der Waals surface area contributed by atoms with Crippen molar-refractivity contribution in [3.8, 4) is 11.5 Å². The number of nitrogens with zero attached hydrogens (tertiary/aromatic N) is 3. The van der Waals surface area contributed by atoms with Gasteiger partial charge in [-0.2, -0.15) is 0 Å². The molecule has 0 heterocycles. The van der Waals surface area contributed by atoms with Crippen molar-refractivity contribution < 1.29 is 19.7 Å². The van der Waals surface area contributed by atoms with Crippen LogP contribution in [0.3, 0.4) is 0 Å². The number of non-ortho nitro benzene ring substituents is 2. The van der Waals surface area contributed by atoms with E-state index in [1.165, 1.54) is 30.3 Å². The second-order valence-corrected chi connectivity index (χ2v) is 5.18. The number of aromatic hydroxyl groups is 1. The van der Waals surface area contributed by atoms with Crippen LogP contribution in [0.15, 0.2) is 48.5 Å². The molecule has 9 heteroatoms. The molecule has 2 rings (SSSR count). The minimum absolute atomic E-state index is 0.0531. The molecule has 0 spiro atoms. The summed E-state index contributed by atoms with van der Waals surface area (Å²) in [7, 11) is 3.88. The summed E-state index contributed by atoms with van der Waals surface area (Å²) in [5, 5.41) is 29.3. The van der Waals surface area contributed by atoms with Crippen molar-refractivity contribution in [1.82, 2.24) is 4.90 Å². The molecule has 0 aliphatic rings. The van der Waals surface area contributed by atoms with Gasteiger partial charge in [0.1, 0.15) is 18.1 Å². The van der Waals surface area contributed by atoms with Crippen molar-refractivity contribution in [2.24, 2.45) is 0 Å². The van der Waals surface area contributed by atoms with Gasteiger partial charge in [0.2, 0.25) is 0 Å². The molecule has 0 radical (unpaired) electrons. The minimum Gasteiger partial charge on any atom is -0.508 e. The third kappa shape index (κ3) is 7.75. The molecule has 9 nitrogen and oxygen atoms in total. The van der Waals surface area contributed by atoms with Crippen LogP contribution >= 0.6 is 0 Å². The Bertz CT molecular complexity index is 721. The quantitative estimate of drug-likeness (QED) is 0.629. The highest BCUT2D eigenvalue weighted by molar-refractivity contribution is 5.38. The van der Waals surface area contributed by atoms with Crippen LogP contribution in [0.25, 0.3) is 0 Å². The lowest BCUT2D eigenvalue weighted by atomic mass is 10.3. The van der Waals surface area contributed by atoms with Gasteiger partial charge in [0.25, 0.3) is 11.4 Å². The Morgan fingerprint density at radius 1 is 1.00 bits per heavy atom. The molecule has 134 valence electrons. The third-order valence-electron chi connectivity index (χ3n) is 2.88. The average Bonchev–Trinajstić information content (AvgIpc) is 2.55. The monoisotopic (exact) mass is 349 g/mol. The van der Waals surface area contributed by atoms with Crippen molar-refractivity contribution in [1.29, 1.82) is 0 Å². The number of likely N-dealkylation sites (N-methyl/N-ethyl adjacent to an activating group) is 1. The fraction of sp³-hybridized carbons (Fsp3) is 0.250. The molecule has 25 heavy (non-hydrogen) atoms. The zero-order chi connectivity index (χ0) is 18.8. The molecule has 0 aliphatic carbocycles. The van der Waals surface area contributed by atoms with E-state index in [1.807, 2.05) is 19.0 Å². The lowest BCUT2D eigenvalue weighted by Gasteiger charge is -2.10. The molecule has 0 fully saturated rings. The third-order valence-corrected chi connectivity index (χ3v) is 2.88. The van der Waals surface area contributed by atoms with Crippen molar-refractivity contribution >= 4 is 11.4 Å². The Balaban J connectivity index is 0.000000271. The molecule has 0 saturated carbocycles. The number of phenols is 1. The molecule has 1 N–H and O–H groups in total. The van der Waals surface area contributed by atoms with E-state index >= 15 is 0 Å². The van der Waals surface area contributed by atoms with Gasteiger partial charge >= 0.3 is 0 Å². The summed E-state index contributed by atoms with van der Waals surface area (Å²) in [6.07, 6.45) is 0. The molecule has 0 bridgehead atoms. The van der Waals surface area contributed by atoms with Crippen LogP contribution in [-0.4, -0.2) is 47.1 Å². The van der Waals surface area contributed by atoms with Gasteiger partial charge in [-0.25, -0.2) is 0 Å². The van der Waals surface area contributed by atoms with E-state index in [1.54, 1.807) is 12.1 Å². The lowest BCUT2D eigenvalue weighted by molar-refractivity contribution is -0.385. The predicted molar refractivity (Wildman–Crippen MR) is 91.9 cm³/mol. The number of nitro groups is 2. The first-order chi connectivity index (χ1) is 11.8. The number of benzene rings is 2. The van der Waals surface area contributed by atoms with Gasteiger partial charge in [-0.15, -0.1) is 0 Å². The topological polar surface area (TPSA) is 119 Å². The molecule has 0 aliphatic heterocycles. The normalized spacial score (nSPS) is 9.88. The smallest absolute Gasteiger partial charge is 0.273 e. The molecular weight excluding hydrogens is 330 g/mol. The van der Waals surface area contributed by atoms with Gasteiger partial charge in [0.15, 0.2) is 0 Å². The Morgan fingerprint density at radius 2 is 1.56 bits per heavy atom. The van der Waals surface area contributed by atoms with Crippen LogP contribution in [0.1, 0.15) is 0 Å². The van der Waals surface area contributed by atoms with Gasteiger partial charge in [-0.3, -0.25) is 20.2 Å². The standard InChI is InChI=1S/C10H14N2O3.C6H5NO3/c1-11(2)6-7-15-10-5-3-4-9(8-10)12(13)14;8-6-3-1-2-5(4-6)7(9)10/h3-5,8H,6-7H2,1-2H3;1-4,8H. The summed E-state index contributed by atoms with van der Waals surface area (Å²) in [6, 6.07) is 11.4. The minimum atomic E-state index is -0.556. The van der Waals surface area contributed by atoms with Crippen LogP contribution in [-0.2, 0) is 0 Å². The second kappa shape index (κ2) is 9.83. The zero-order valence-electron chi connectivity index (χ0n) is 13.9. The fourth-order valence-corrected chi connectivity index (χ4v) is 1.64. The maximum Gasteiger partial charge on any atom is 0.273 e. The number of hydrogen-bond donors (Lipinski definition) is 1. The van der Waals surface area contributed by atoms with Gasteiger partial charge in [-0.1, -0.05) is 12.1 Å². The van der Waals surface area contributed by atoms with E-state index in [4.69, 9.17) is 9.84 Å². The van der Waals surface area contributed by atoms with Crippen molar-refractivity contribution in [3.63, 3.8) is 0 Å². The summed E-state index contributed by atoms with van der Waals surface area (Å²) in [5.41, 5.74) is -0.0441. The average molecular weight is 349 g/mol. The summed E-state index contributed by atoms with van der Waals surface area (Å²) in [6.45, 7) is 1.30. The molecule has 0 unspecified atom stereocenters.